The quantitative estimate of drug-likeness (QED) is 0.543. The van der Waals surface area contributed by atoms with Gasteiger partial charge in [0.1, 0.15) is 0 Å². The summed E-state index contributed by atoms with van der Waals surface area (Å²) >= 11 is 5.49. The highest BCUT2D eigenvalue weighted by Crippen LogP contribution is 2.37. The fourth-order valence-electron chi connectivity index (χ4n) is 2.06. The number of carbonyl (C=O) groups excluding carboxylic acids is 2. The minimum Gasteiger partial charge on any atom is -0.317 e. The van der Waals surface area contributed by atoms with Gasteiger partial charge in [-0.3, -0.25) is 9.59 Å². The number of halogens is 7. The standard InChI is InChI=1S/C16H9ClF6N2O2/c17-8-5-6-12(10(7-8)16(21,22)23)25-14(27)13(26)24-11-4-2-1-3-9(11)15(18,19)20/h1-7H,(H,24,26)(H,25,27). The van der Waals surface area contributed by atoms with Gasteiger partial charge >= 0.3 is 24.2 Å². The smallest absolute Gasteiger partial charge is 0.317 e. The van der Waals surface area contributed by atoms with E-state index in [0.29, 0.717) is 12.1 Å². The number of anilines is 2. The van der Waals surface area contributed by atoms with E-state index < -0.39 is 46.7 Å². The van der Waals surface area contributed by atoms with Crippen molar-refractivity contribution in [2.75, 3.05) is 10.6 Å². The molecule has 2 rings (SSSR count). The third-order valence-corrected chi connectivity index (χ3v) is 3.46. The largest absolute Gasteiger partial charge is 0.418 e. The molecule has 0 bridgehead atoms. The maximum absolute atomic E-state index is 13.0. The summed E-state index contributed by atoms with van der Waals surface area (Å²) in [5.74, 6) is -3.16. The highest BCUT2D eigenvalue weighted by atomic mass is 35.5. The van der Waals surface area contributed by atoms with Crippen LogP contribution in [0.4, 0.5) is 37.7 Å². The van der Waals surface area contributed by atoms with Crippen LogP contribution < -0.4 is 10.6 Å². The van der Waals surface area contributed by atoms with E-state index in [4.69, 9.17) is 11.6 Å². The van der Waals surface area contributed by atoms with Gasteiger partial charge in [-0.1, -0.05) is 23.7 Å². The van der Waals surface area contributed by atoms with E-state index in [1.54, 1.807) is 10.6 Å². The Hall–Kier alpha value is -2.75. The molecule has 0 aliphatic rings. The minimum absolute atomic E-state index is 0.260. The first-order valence-corrected chi connectivity index (χ1v) is 7.42. The predicted octanol–water partition coefficient (Wildman–Crippen LogP) is 4.95. The molecule has 0 aliphatic carbocycles. The van der Waals surface area contributed by atoms with Crippen LogP contribution in [0.25, 0.3) is 0 Å². The molecule has 2 aromatic carbocycles. The van der Waals surface area contributed by atoms with Crippen LogP contribution in [0.3, 0.4) is 0 Å². The summed E-state index contributed by atoms with van der Waals surface area (Å²) in [7, 11) is 0. The molecule has 0 saturated carbocycles. The molecule has 0 heterocycles. The molecule has 2 N–H and O–H groups in total. The van der Waals surface area contributed by atoms with Gasteiger partial charge in [-0.2, -0.15) is 26.3 Å². The van der Waals surface area contributed by atoms with Crippen LogP contribution in [0.2, 0.25) is 5.02 Å². The Bertz CT molecular complexity index is 880. The summed E-state index contributed by atoms with van der Waals surface area (Å²) in [6, 6.07) is 6.23. The third kappa shape index (κ3) is 5.13. The maximum Gasteiger partial charge on any atom is 0.418 e. The van der Waals surface area contributed by atoms with Crippen molar-refractivity contribution in [2.24, 2.45) is 0 Å². The van der Waals surface area contributed by atoms with Crippen molar-refractivity contribution in [1.82, 2.24) is 0 Å². The van der Waals surface area contributed by atoms with Crippen LogP contribution >= 0.6 is 11.6 Å². The number of nitrogens with one attached hydrogen (secondary N) is 2. The second-order valence-electron chi connectivity index (χ2n) is 5.14. The van der Waals surface area contributed by atoms with E-state index >= 15 is 0 Å². The number of rotatable bonds is 2. The lowest BCUT2D eigenvalue weighted by molar-refractivity contribution is -0.138. The first-order chi connectivity index (χ1) is 12.4. The second kappa shape index (κ2) is 7.47. The van der Waals surface area contributed by atoms with Crippen LogP contribution in [0.15, 0.2) is 42.5 Å². The maximum atomic E-state index is 13.0. The molecule has 0 atom stereocenters. The van der Waals surface area contributed by atoms with Crippen molar-refractivity contribution in [3.8, 4) is 0 Å². The Kier molecular flexibility index (Phi) is 5.69. The molecule has 0 saturated heterocycles. The van der Waals surface area contributed by atoms with Crippen molar-refractivity contribution in [3.05, 3.63) is 58.6 Å². The number of alkyl halides is 6. The van der Waals surface area contributed by atoms with Gasteiger partial charge in [-0.05, 0) is 30.3 Å². The Balaban J connectivity index is 2.23. The van der Waals surface area contributed by atoms with E-state index in [2.05, 4.69) is 0 Å². The highest BCUT2D eigenvalue weighted by molar-refractivity contribution is 6.43. The van der Waals surface area contributed by atoms with Gasteiger partial charge in [0.2, 0.25) is 0 Å². The Morgan fingerprint density at radius 3 is 1.74 bits per heavy atom. The summed E-state index contributed by atoms with van der Waals surface area (Å²) in [5, 5.41) is 3.18. The summed E-state index contributed by atoms with van der Waals surface area (Å²) in [6.07, 6.45) is -9.69. The topological polar surface area (TPSA) is 58.2 Å². The van der Waals surface area contributed by atoms with Crippen LogP contribution in [-0.4, -0.2) is 11.8 Å². The van der Waals surface area contributed by atoms with E-state index in [0.717, 1.165) is 24.3 Å². The van der Waals surface area contributed by atoms with Crippen molar-refractivity contribution in [1.29, 1.82) is 0 Å². The average molecular weight is 411 g/mol. The molecular formula is C16H9ClF6N2O2. The van der Waals surface area contributed by atoms with Crippen molar-refractivity contribution in [2.45, 2.75) is 12.4 Å². The summed E-state index contributed by atoms with van der Waals surface area (Å²) in [4.78, 5) is 23.7. The number of hydrogen-bond donors (Lipinski definition) is 2. The normalized spacial score (nSPS) is 11.8. The van der Waals surface area contributed by atoms with Crippen LogP contribution in [0, 0.1) is 0 Å². The summed E-state index contributed by atoms with van der Waals surface area (Å²) in [5.41, 5.74) is -4.01. The monoisotopic (exact) mass is 410 g/mol. The molecule has 0 aliphatic heterocycles. The van der Waals surface area contributed by atoms with Gasteiger partial charge in [-0.15, -0.1) is 0 Å². The highest BCUT2D eigenvalue weighted by Gasteiger charge is 2.36. The third-order valence-electron chi connectivity index (χ3n) is 3.22. The molecule has 4 nitrogen and oxygen atoms in total. The molecule has 11 heteroatoms. The van der Waals surface area contributed by atoms with Crippen LogP contribution in [0.5, 0.6) is 0 Å². The molecular weight excluding hydrogens is 402 g/mol. The minimum atomic E-state index is -4.88. The number of hydrogen-bond acceptors (Lipinski definition) is 2. The molecule has 0 radical (unpaired) electrons. The first kappa shape index (κ1) is 20.6. The molecule has 0 unspecified atom stereocenters. The number of amides is 2. The van der Waals surface area contributed by atoms with Gasteiger partial charge < -0.3 is 10.6 Å². The summed E-state index contributed by atoms with van der Waals surface area (Å²) < 4.78 is 77.6. The van der Waals surface area contributed by atoms with Crippen molar-refractivity contribution >= 4 is 34.8 Å². The van der Waals surface area contributed by atoms with Gasteiger partial charge in [0, 0.05) is 5.02 Å². The molecule has 0 fully saturated rings. The molecule has 0 aromatic heterocycles. The zero-order valence-electron chi connectivity index (χ0n) is 13.0. The lowest BCUT2D eigenvalue weighted by Crippen LogP contribution is -2.30. The lowest BCUT2D eigenvalue weighted by atomic mass is 10.1. The van der Waals surface area contributed by atoms with Gasteiger partial charge in [0.25, 0.3) is 0 Å². The molecule has 0 spiro atoms. The van der Waals surface area contributed by atoms with Crippen molar-refractivity contribution in [3.63, 3.8) is 0 Å². The number of carbonyl (C=O) groups is 2. The van der Waals surface area contributed by atoms with Crippen LogP contribution in [-0.2, 0) is 21.9 Å². The Labute approximate surface area is 153 Å². The van der Waals surface area contributed by atoms with Crippen molar-refractivity contribution < 1.29 is 35.9 Å². The lowest BCUT2D eigenvalue weighted by Gasteiger charge is -2.15. The van der Waals surface area contributed by atoms with E-state index in [-0.39, 0.29) is 5.02 Å². The van der Waals surface area contributed by atoms with Crippen LogP contribution in [0.1, 0.15) is 11.1 Å². The molecule has 27 heavy (non-hydrogen) atoms. The SMILES string of the molecule is O=C(Nc1ccccc1C(F)(F)F)C(=O)Nc1ccc(Cl)cc1C(F)(F)F. The fraction of sp³-hybridized carbons (Fsp3) is 0.125. The summed E-state index contributed by atoms with van der Waals surface area (Å²) in [6.45, 7) is 0. The molecule has 144 valence electrons. The number of benzene rings is 2. The van der Waals surface area contributed by atoms with Gasteiger partial charge in [0.05, 0.1) is 22.5 Å². The number of para-hydroxylation sites is 1. The fourth-order valence-corrected chi connectivity index (χ4v) is 2.23. The second-order valence-corrected chi connectivity index (χ2v) is 5.58. The average Bonchev–Trinajstić information content (AvgIpc) is 2.55. The van der Waals surface area contributed by atoms with E-state index in [1.807, 2.05) is 0 Å². The Morgan fingerprint density at radius 2 is 1.22 bits per heavy atom. The van der Waals surface area contributed by atoms with E-state index in [9.17, 15) is 35.9 Å². The van der Waals surface area contributed by atoms with E-state index in [1.165, 1.54) is 6.07 Å². The van der Waals surface area contributed by atoms with Gasteiger partial charge in [0.15, 0.2) is 0 Å². The molecule has 2 amide bonds. The molecule has 2 aromatic rings. The zero-order valence-corrected chi connectivity index (χ0v) is 13.8. The Morgan fingerprint density at radius 1 is 0.741 bits per heavy atom. The zero-order chi connectivity index (χ0) is 20.4. The van der Waals surface area contributed by atoms with Gasteiger partial charge in [-0.25, -0.2) is 0 Å². The first-order valence-electron chi connectivity index (χ1n) is 7.05. The predicted molar refractivity (Wildman–Crippen MR) is 85.2 cm³/mol.